The van der Waals surface area contributed by atoms with Crippen LogP contribution < -0.4 is 4.74 Å². The fraction of sp³-hybridized carbons (Fsp3) is 0.267. The number of aromatic nitrogens is 1. The summed E-state index contributed by atoms with van der Waals surface area (Å²) >= 11 is 1.54. The number of ketones is 1. The summed E-state index contributed by atoms with van der Waals surface area (Å²) in [5.41, 5.74) is 2.76. The summed E-state index contributed by atoms with van der Waals surface area (Å²) in [6.45, 7) is 3.89. The Bertz CT molecular complexity index is 572. The molecular weight excluding hydrogens is 258 g/mol. The van der Waals surface area contributed by atoms with Crippen molar-refractivity contribution in [2.75, 3.05) is 12.9 Å². The second-order valence-electron chi connectivity index (χ2n) is 4.38. The van der Waals surface area contributed by atoms with E-state index in [4.69, 9.17) is 4.74 Å². The predicted molar refractivity (Wildman–Crippen MR) is 78.3 cm³/mol. The predicted octanol–water partition coefficient (Wildman–Crippen LogP) is 3.62. The van der Waals surface area contributed by atoms with Gasteiger partial charge in [0.05, 0.1) is 12.9 Å². The molecule has 1 aromatic heterocycles. The highest BCUT2D eigenvalue weighted by molar-refractivity contribution is 8.00. The van der Waals surface area contributed by atoms with Crippen LogP contribution in [0.4, 0.5) is 0 Å². The Morgan fingerprint density at radius 2 is 1.95 bits per heavy atom. The van der Waals surface area contributed by atoms with Crippen molar-refractivity contribution < 1.29 is 9.53 Å². The van der Waals surface area contributed by atoms with Gasteiger partial charge in [-0.15, -0.1) is 11.8 Å². The second-order valence-corrected chi connectivity index (χ2v) is 5.43. The number of thioether (sulfide) groups is 1. The number of carbonyl (C=O) groups is 1. The number of H-pyrrole nitrogens is 1. The first kappa shape index (κ1) is 13.7. The van der Waals surface area contributed by atoms with Crippen molar-refractivity contribution >= 4 is 17.5 Å². The minimum atomic E-state index is 0.155. The van der Waals surface area contributed by atoms with Crippen molar-refractivity contribution in [2.45, 2.75) is 18.7 Å². The lowest BCUT2D eigenvalue weighted by molar-refractivity contribution is 0.102. The van der Waals surface area contributed by atoms with Crippen molar-refractivity contribution in [3.63, 3.8) is 0 Å². The van der Waals surface area contributed by atoms with E-state index in [0.717, 1.165) is 27.6 Å². The number of benzene rings is 1. The van der Waals surface area contributed by atoms with Gasteiger partial charge >= 0.3 is 0 Å². The molecule has 0 spiro atoms. The zero-order valence-electron chi connectivity index (χ0n) is 11.3. The second kappa shape index (κ2) is 5.97. The smallest absolute Gasteiger partial charge is 0.174 e. The van der Waals surface area contributed by atoms with Crippen LogP contribution in [-0.4, -0.2) is 23.6 Å². The van der Waals surface area contributed by atoms with Crippen LogP contribution in [0, 0.1) is 13.8 Å². The standard InChI is InChI=1S/C15H17NO2S/c1-10-8-14(11(2)16-10)15(17)9-19-13-6-4-12(18-3)5-7-13/h4-8,16H,9H2,1-3H3. The van der Waals surface area contributed by atoms with Crippen molar-refractivity contribution in [3.05, 3.63) is 47.3 Å². The third-order valence-electron chi connectivity index (χ3n) is 2.88. The van der Waals surface area contributed by atoms with E-state index in [1.54, 1.807) is 18.9 Å². The minimum absolute atomic E-state index is 0.155. The Hall–Kier alpha value is -1.68. The molecule has 19 heavy (non-hydrogen) atoms. The van der Waals surface area contributed by atoms with E-state index in [-0.39, 0.29) is 5.78 Å². The fourth-order valence-corrected chi connectivity index (χ4v) is 2.69. The van der Waals surface area contributed by atoms with Crippen LogP contribution in [-0.2, 0) is 0 Å². The lowest BCUT2D eigenvalue weighted by Crippen LogP contribution is -2.02. The van der Waals surface area contributed by atoms with Gasteiger partial charge in [-0.3, -0.25) is 4.79 Å². The Morgan fingerprint density at radius 3 is 2.47 bits per heavy atom. The van der Waals surface area contributed by atoms with Gasteiger partial charge in [-0.2, -0.15) is 0 Å². The number of carbonyl (C=O) groups excluding carboxylic acids is 1. The average molecular weight is 275 g/mol. The van der Waals surface area contributed by atoms with Crippen LogP contribution in [0.2, 0.25) is 0 Å². The maximum atomic E-state index is 12.1. The maximum Gasteiger partial charge on any atom is 0.174 e. The van der Waals surface area contributed by atoms with Crippen molar-refractivity contribution in [2.24, 2.45) is 0 Å². The van der Waals surface area contributed by atoms with Gasteiger partial charge in [0.25, 0.3) is 0 Å². The third-order valence-corrected chi connectivity index (χ3v) is 3.89. The van der Waals surface area contributed by atoms with E-state index in [2.05, 4.69) is 4.98 Å². The molecule has 4 heteroatoms. The topological polar surface area (TPSA) is 42.1 Å². The highest BCUT2D eigenvalue weighted by atomic mass is 32.2. The van der Waals surface area contributed by atoms with Gasteiger partial charge in [0.1, 0.15) is 5.75 Å². The van der Waals surface area contributed by atoms with Gasteiger partial charge < -0.3 is 9.72 Å². The lowest BCUT2D eigenvalue weighted by Gasteiger charge is -2.03. The number of hydrogen-bond donors (Lipinski definition) is 1. The summed E-state index contributed by atoms with van der Waals surface area (Å²) in [6, 6.07) is 9.64. The molecule has 1 N–H and O–H groups in total. The molecule has 0 atom stereocenters. The molecule has 3 nitrogen and oxygen atoms in total. The number of aromatic amines is 1. The van der Waals surface area contributed by atoms with E-state index < -0.39 is 0 Å². The van der Waals surface area contributed by atoms with Crippen LogP contribution in [0.5, 0.6) is 5.75 Å². The number of methoxy groups -OCH3 is 1. The molecule has 100 valence electrons. The molecule has 0 radical (unpaired) electrons. The normalized spacial score (nSPS) is 10.5. The van der Waals surface area contributed by atoms with Crippen LogP contribution in [0.1, 0.15) is 21.7 Å². The molecule has 1 aromatic carbocycles. The van der Waals surface area contributed by atoms with Gasteiger partial charge in [-0.1, -0.05) is 0 Å². The first-order valence-electron chi connectivity index (χ1n) is 6.06. The van der Waals surface area contributed by atoms with Crippen molar-refractivity contribution in [1.29, 1.82) is 0 Å². The van der Waals surface area contributed by atoms with Gasteiger partial charge in [0.15, 0.2) is 5.78 Å². The zero-order chi connectivity index (χ0) is 13.8. The van der Waals surface area contributed by atoms with Crippen molar-refractivity contribution in [3.8, 4) is 5.75 Å². The van der Waals surface area contributed by atoms with Gasteiger partial charge in [-0.05, 0) is 44.2 Å². The molecule has 0 bridgehead atoms. The Morgan fingerprint density at radius 1 is 1.26 bits per heavy atom. The minimum Gasteiger partial charge on any atom is -0.497 e. The molecule has 0 saturated heterocycles. The third kappa shape index (κ3) is 3.41. The monoisotopic (exact) mass is 275 g/mol. The zero-order valence-corrected chi connectivity index (χ0v) is 12.1. The average Bonchev–Trinajstić information content (AvgIpc) is 2.75. The molecule has 0 unspecified atom stereocenters. The van der Waals surface area contributed by atoms with Crippen LogP contribution >= 0.6 is 11.8 Å². The van der Waals surface area contributed by atoms with E-state index in [0.29, 0.717) is 5.75 Å². The van der Waals surface area contributed by atoms with E-state index in [9.17, 15) is 4.79 Å². The van der Waals surface area contributed by atoms with E-state index >= 15 is 0 Å². The Balaban J connectivity index is 1.98. The Labute approximate surface area is 117 Å². The number of Topliss-reactive ketones (excluding diaryl/α,β-unsaturated/α-hetero) is 1. The number of nitrogens with one attached hydrogen (secondary N) is 1. The molecular formula is C15H17NO2S. The molecule has 1 heterocycles. The molecule has 0 aliphatic carbocycles. The number of hydrogen-bond acceptors (Lipinski definition) is 3. The number of ether oxygens (including phenoxy) is 1. The Kier molecular flexibility index (Phi) is 4.32. The first-order chi connectivity index (χ1) is 9.10. The summed E-state index contributed by atoms with van der Waals surface area (Å²) in [5.74, 6) is 1.43. The number of aryl methyl sites for hydroxylation is 2. The first-order valence-corrected chi connectivity index (χ1v) is 7.05. The molecule has 0 aliphatic heterocycles. The highest BCUT2D eigenvalue weighted by Crippen LogP contribution is 2.23. The summed E-state index contributed by atoms with van der Waals surface area (Å²) in [6.07, 6.45) is 0. The van der Waals surface area contributed by atoms with Crippen LogP contribution in [0.15, 0.2) is 35.2 Å². The van der Waals surface area contributed by atoms with Crippen molar-refractivity contribution in [1.82, 2.24) is 4.98 Å². The largest absolute Gasteiger partial charge is 0.497 e. The molecule has 0 saturated carbocycles. The molecule has 0 fully saturated rings. The van der Waals surface area contributed by atoms with E-state index in [1.165, 1.54) is 0 Å². The maximum absolute atomic E-state index is 12.1. The summed E-state index contributed by atoms with van der Waals surface area (Å²) < 4.78 is 5.10. The molecule has 2 aromatic rings. The summed E-state index contributed by atoms with van der Waals surface area (Å²) in [4.78, 5) is 16.3. The number of rotatable bonds is 5. The summed E-state index contributed by atoms with van der Waals surface area (Å²) in [7, 11) is 1.64. The summed E-state index contributed by atoms with van der Waals surface area (Å²) in [5, 5.41) is 0. The lowest BCUT2D eigenvalue weighted by atomic mass is 10.2. The van der Waals surface area contributed by atoms with Crippen LogP contribution in [0.25, 0.3) is 0 Å². The van der Waals surface area contributed by atoms with Gasteiger partial charge in [0.2, 0.25) is 0 Å². The molecule has 0 aliphatic rings. The van der Waals surface area contributed by atoms with E-state index in [1.807, 2.05) is 44.2 Å². The highest BCUT2D eigenvalue weighted by Gasteiger charge is 2.11. The molecule has 0 amide bonds. The quantitative estimate of drug-likeness (QED) is 0.669. The van der Waals surface area contributed by atoms with Gasteiger partial charge in [-0.25, -0.2) is 0 Å². The fourth-order valence-electron chi connectivity index (χ4n) is 1.91. The SMILES string of the molecule is COc1ccc(SCC(=O)c2cc(C)[nH]c2C)cc1. The van der Waals surface area contributed by atoms with Crippen LogP contribution in [0.3, 0.4) is 0 Å². The molecule has 2 rings (SSSR count). The van der Waals surface area contributed by atoms with Gasteiger partial charge in [0, 0.05) is 21.8 Å².